The van der Waals surface area contributed by atoms with E-state index in [1.807, 2.05) is 29.1 Å². The molecule has 6 heteroatoms. The number of hydrogen-bond donors (Lipinski definition) is 1. The van der Waals surface area contributed by atoms with Gasteiger partial charge in [-0.15, -0.1) is 0 Å². The second-order valence-corrected chi connectivity index (χ2v) is 6.28. The van der Waals surface area contributed by atoms with E-state index in [1.54, 1.807) is 14.2 Å². The van der Waals surface area contributed by atoms with Crippen LogP contribution in [0.4, 0.5) is 0 Å². The maximum absolute atomic E-state index is 5.95. The zero-order valence-electron chi connectivity index (χ0n) is 15.2. The van der Waals surface area contributed by atoms with Crippen molar-refractivity contribution in [3.8, 4) is 11.5 Å². The molecule has 1 aromatic carbocycles. The molecule has 0 bridgehead atoms. The van der Waals surface area contributed by atoms with Crippen LogP contribution in [-0.2, 0) is 17.8 Å². The summed E-state index contributed by atoms with van der Waals surface area (Å²) < 4.78 is 18.6. The standard InChI is InChI=1S/C19H27N3O3/c1-4-22-13-16(12-21-22)19-15(7-8-25-19)11-20-10-14-5-6-17(23-2)9-18(14)24-3/h5-6,9,12-13,15,19-20H,4,7-8,10-11H2,1-3H3/t15-,19+/m1/s1. The van der Waals surface area contributed by atoms with Crippen LogP contribution in [0.2, 0.25) is 0 Å². The van der Waals surface area contributed by atoms with Gasteiger partial charge >= 0.3 is 0 Å². The van der Waals surface area contributed by atoms with Crippen molar-refractivity contribution in [3.05, 3.63) is 41.7 Å². The van der Waals surface area contributed by atoms with Crippen LogP contribution in [0.1, 0.15) is 30.6 Å². The average molecular weight is 345 g/mol. The number of nitrogens with zero attached hydrogens (tertiary/aromatic N) is 2. The van der Waals surface area contributed by atoms with Crippen molar-refractivity contribution in [2.45, 2.75) is 32.5 Å². The summed E-state index contributed by atoms with van der Waals surface area (Å²) in [4.78, 5) is 0. The topological polar surface area (TPSA) is 57.5 Å². The SMILES string of the molecule is CCn1cc([C@H]2OCC[C@@H]2CNCc2ccc(OC)cc2OC)cn1. The average Bonchev–Trinajstić information content (AvgIpc) is 3.30. The van der Waals surface area contributed by atoms with E-state index < -0.39 is 0 Å². The van der Waals surface area contributed by atoms with Gasteiger partial charge in [-0.2, -0.15) is 5.10 Å². The van der Waals surface area contributed by atoms with Crippen molar-refractivity contribution in [2.75, 3.05) is 27.4 Å². The van der Waals surface area contributed by atoms with E-state index in [1.165, 1.54) is 5.56 Å². The number of benzene rings is 1. The summed E-state index contributed by atoms with van der Waals surface area (Å²) in [7, 11) is 3.35. The summed E-state index contributed by atoms with van der Waals surface area (Å²) >= 11 is 0. The number of nitrogens with one attached hydrogen (secondary N) is 1. The molecule has 2 aromatic rings. The van der Waals surface area contributed by atoms with Crippen LogP contribution in [0.15, 0.2) is 30.6 Å². The third kappa shape index (κ3) is 4.14. The minimum absolute atomic E-state index is 0.130. The summed E-state index contributed by atoms with van der Waals surface area (Å²) in [5, 5.41) is 7.92. The Bertz CT molecular complexity index is 686. The van der Waals surface area contributed by atoms with E-state index >= 15 is 0 Å². The van der Waals surface area contributed by atoms with Crippen LogP contribution in [0.5, 0.6) is 11.5 Å². The van der Waals surface area contributed by atoms with Crippen molar-refractivity contribution in [2.24, 2.45) is 5.92 Å². The Morgan fingerprint density at radius 3 is 2.92 bits per heavy atom. The molecule has 0 amide bonds. The lowest BCUT2D eigenvalue weighted by atomic mass is 9.97. The summed E-state index contributed by atoms with van der Waals surface area (Å²) in [5.41, 5.74) is 2.30. The monoisotopic (exact) mass is 345 g/mol. The quantitative estimate of drug-likeness (QED) is 0.797. The Morgan fingerprint density at radius 1 is 1.32 bits per heavy atom. The molecule has 1 N–H and O–H groups in total. The summed E-state index contributed by atoms with van der Waals surface area (Å²) in [6, 6.07) is 5.91. The van der Waals surface area contributed by atoms with Gasteiger partial charge in [-0.05, 0) is 19.4 Å². The molecule has 25 heavy (non-hydrogen) atoms. The first-order valence-corrected chi connectivity index (χ1v) is 8.80. The minimum atomic E-state index is 0.130. The van der Waals surface area contributed by atoms with Gasteiger partial charge in [0, 0.05) is 55.5 Å². The second kappa shape index (κ2) is 8.36. The largest absolute Gasteiger partial charge is 0.497 e. The van der Waals surface area contributed by atoms with Crippen LogP contribution in [-0.4, -0.2) is 37.2 Å². The van der Waals surface area contributed by atoms with Crippen LogP contribution in [0, 0.1) is 5.92 Å². The van der Waals surface area contributed by atoms with Gasteiger partial charge in [-0.3, -0.25) is 4.68 Å². The fourth-order valence-corrected chi connectivity index (χ4v) is 3.30. The molecular formula is C19H27N3O3. The lowest BCUT2D eigenvalue weighted by Gasteiger charge is -2.18. The molecule has 3 rings (SSSR count). The van der Waals surface area contributed by atoms with Crippen LogP contribution in [0.25, 0.3) is 0 Å². The smallest absolute Gasteiger partial charge is 0.127 e. The predicted molar refractivity (Wildman–Crippen MR) is 96.0 cm³/mol. The highest BCUT2D eigenvalue weighted by molar-refractivity contribution is 5.40. The van der Waals surface area contributed by atoms with E-state index in [4.69, 9.17) is 14.2 Å². The van der Waals surface area contributed by atoms with Gasteiger partial charge in [0.05, 0.1) is 26.5 Å². The fourth-order valence-electron chi connectivity index (χ4n) is 3.30. The number of methoxy groups -OCH3 is 2. The first-order chi connectivity index (χ1) is 12.2. The van der Waals surface area contributed by atoms with Crippen molar-refractivity contribution in [3.63, 3.8) is 0 Å². The Labute approximate surface area is 149 Å². The molecule has 2 heterocycles. The molecule has 0 spiro atoms. The first-order valence-electron chi connectivity index (χ1n) is 8.80. The number of hydrogen-bond acceptors (Lipinski definition) is 5. The van der Waals surface area contributed by atoms with Gasteiger partial charge in [0.1, 0.15) is 11.5 Å². The first kappa shape index (κ1) is 17.8. The van der Waals surface area contributed by atoms with Crippen LogP contribution < -0.4 is 14.8 Å². The number of aromatic nitrogens is 2. The Balaban J connectivity index is 1.58. The molecule has 1 aromatic heterocycles. The van der Waals surface area contributed by atoms with Gasteiger partial charge in [-0.25, -0.2) is 0 Å². The molecule has 1 aliphatic rings. The molecule has 1 fully saturated rings. The lowest BCUT2D eigenvalue weighted by Crippen LogP contribution is -2.24. The van der Waals surface area contributed by atoms with Crippen molar-refractivity contribution >= 4 is 0 Å². The van der Waals surface area contributed by atoms with E-state index in [0.717, 1.165) is 49.7 Å². The molecule has 0 unspecified atom stereocenters. The van der Waals surface area contributed by atoms with Crippen molar-refractivity contribution in [1.82, 2.24) is 15.1 Å². The Hall–Kier alpha value is -2.05. The highest BCUT2D eigenvalue weighted by Crippen LogP contribution is 2.34. The Morgan fingerprint density at radius 2 is 2.20 bits per heavy atom. The number of ether oxygens (including phenoxy) is 3. The Kier molecular flexibility index (Phi) is 5.94. The zero-order valence-corrected chi connectivity index (χ0v) is 15.2. The molecular weight excluding hydrogens is 318 g/mol. The molecule has 1 aliphatic heterocycles. The molecule has 6 nitrogen and oxygen atoms in total. The van der Waals surface area contributed by atoms with Gasteiger partial charge in [0.2, 0.25) is 0 Å². The highest BCUT2D eigenvalue weighted by Gasteiger charge is 2.30. The second-order valence-electron chi connectivity index (χ2n) is 6.28. The molecule has 1 saturated heterocycles. The summed E-state index contributed by atoms with van der Waals surface area (Å²) in [6.45, 7) is 5.43. The van der Waals surface area contributed by atoms with E-state index in [2.05, 4.69) is 23.5 Å². The van der Waals surface area contributed by atoms with Gasteiger partial charge < -0.3 is 19.5 Å². The number of rotatable bonds is 8. The molecule has 2 atom stereocenters. The maximum atomic E-state index is 5.95. The van der Waals surface area contributed by atoms with Crippen LogP contribution in [0.3, 0.4) is 0 Å². The van der Waals surface area contributed by atoms with Crippen LogP contribution >= 0.6 is 0 Å². The zero-order chi connectivity index (χ0) is 17.6. The van der Waals surface area contributed by atoms with Gasteiger partial charge in [0.25, 0.3) is 0 Å². The predicted octanol–water partition coefficient (Wildman–Crippen LogP) is 2.79. The fraction of sp³-hybridized carbons (Fsp3) is 0.526. The lowest BCUT2D eigenvalue weighted by molar-refractivity contribution is 0.0903. The van der Waals surface area contributed by atoms with E-state index in [9.17, 15) is 0 Å². The van der Waals surface area contributed by atoms with Crippen molar-refractivity contribution < 1.29 is 14.2 Å². The third-order valence-corrected chi connectivity index (χ3v) is 4.74. The summed E-state index contributed by atoms with van der Waals surface area (Å²) in [5.74, 6) is 2.10. The normalized spacial score (nSPS) is 20.0. The summed E-state index contributed by atoms with van der Waals surface area (Å²) in [6.07, 6.45) is 5.22. The highest BCUT2D eigenvalue weighted by atomic mass is 16.5. The van der Waals surface area contributed by atoms with Gasteiger partial charge in [-0.1, -0.05) is 6.07 Å². The van der Waals surface area contributed by atoms with E-state index in [0.29, 0.717) is 5.92 Å². The molecule has 0 radical (unpaired) electrons. The third-order valence-electron chi connectivity index (χ3n) is 4.74. The molecule has 136 valence electrons. The van der Waals surface area contributed by atoms with E-state index in [-0.39, 0.29) is 6.10 Å². The van der Waals surface area contributed by atoms with Crippen molar-refractivity contribution in [1.29, 1.82) is 0 Å². The van der Waals surface area contributed by atoms with Gasteiger partial charge in [0.15, 0.2) is 0 Å². The molecule has 0 saturated carbocycles. The molecule has 0 aliphatic carbocycles. The maximum Gasteiger partial charge on any atom is 0.127 e. The minimum Gasteiger partial charge on any atom is -0.497 e. The number of aryl methyl sites for hydroxylation is 1.